The van der Waals surface area contributed by atoms with Crippen LogP contribution in [-0.4, -0.2) is 11.2 Å². The Morgan fingerprint density at radius 1 is 1.22 bits per heavy atom. The molecule has 3 nitrogen and oxygen atoms in total. The highest BCUT2D eigenvalue weighted by Crippen LogP contribution is 2.33. The Kier molecular flexibility index (Phi) is 6.11. The first kappa shape index (κ1) is 16.0. The van der Waals surface area contributed by atoms with Gasteiger partial charge in [0.2, 0.25) is 0 Å². The molecular formula is C13H20Br2N2O. The lowest BCUT2D eigenvalue weighted by molar-refractivity contribution is 0.128. The lowest BCUT2D eigenvalue weighted by Gasteiger charge is -2.22. The van der Waals surface area contributed by atoms with Crippen LogP contribution in [0.25, 0.3) is 0 Å². The number of aliphatic hydroxyl groups excluding tert-OH is 1. The number of aliphatic hydroxyl groups is 1. The summed E-state index contributed by atoms with van der Waals surface area (Å²) >= 11 is 6.79. The number of nitrogens with two attached hydrogens (primary N) is 2. The van der Waals surface area contributed by atoms with Crippen molar-refractivity contribution in [1.29, 1.82) is 0 Å². The molecule has 0 heterocycles. The molecule has 18 heavy (non-hydrogen) atoms. The summed E-state index contributed by atoms with van der Waals surface area (Å²) in [5, 5.41) is 10.1. The maximum Gasteiger partial charge on any atom is 0.0733 e. The van der Waals surface area contributed by atoms with E-state index in [2.05, 4.69) is 45.7 Å². The van der Waals surface area contributed by atoms with Crippen molar-refractivity contribution in [2.24, 2.45) is 11.7 Å². The fraction of sp³-hybridized carbons (Fsp3) is 0.538. The first-order chi connectivity index (χ1) is 8.32. The standard InChI is InChI=1S/C13H20Br2N2O/c1-7(2)3-4-11(18)13(17)9-5-8(14)6-10(15)12(9)16/h5-7,11,13,18H,3-4,16-17H2,1-2H3/t11-,13+/m1/s1. The Bertz CT molecular complexity index is 410. The van der Waals surface area contributed by atoms with E-state index in [9.17, 15) is 5.11 Å². The minimum atomic E-state index is -0.573. The predicted molar refractivity (Wildman–Crippen MR) is 83.3 cm³/mol. The van der Waals surface area contributed by atoms with Crippen molar-refractivity contribution in [2.45, 2.75) is 38.8 Å². The van der Waals surface area contributed by atoms with Gasteiger partial charge in [0, 0.05) is 8.95 Å². The molecule has 2 atom stereocenters. The number of hydrogen-bond donors (Lipinski definition) is 3. The number of hydrogen-bond acceptors (Lipinski definition) is 3. The Labute approximate surface area is 125 Å². The van der Waals surface area contributed by atoms with Gasteiger partial charge in [-0.05, 0) is 52.4 Å². The topological polar surface area (TPSA) is 72.3 Å². The van der Waals surface area contributed by atoms with E-state index in [1.807, 2.05) is 12.1 Å². The molecule has 0 spiro atoms. The van der Waals surface area contributed by atoms with E-state index in [-0.39, 0.29) is 0 Å². The second-order valence-electron chi connectivity index (χ2n) is 4.95. The monoisotopic (exact) mass is 378 g/mol. The zero-order valence-corrected chi connectivity index (χ0v) is 13.8. The van der Waals surface area contributed by atoms with E-state index < -0.39 is 12.1 Å². The van der Waals surface area contributed by atoms with Gasteiger partial charge in [-0.2, -0.15) is 0 Å². The van der Waals surface area contributed by atoms with Crippen molar-refractivity contribution in [3.8, 4) is 0 Å². The Morgan fingerprint density at radius 3 is 2.39 bits per heavy atom. The molecule has 0 saturated heterocycles. The van der Waals surface area contributed by atoms with Crippen LogP contribution in [0, 0.1) is 5.92 Å². The molecule has 1 rings (SSSR count). The fourth-order valence-corrected chi connectivity index (χ4v) is 3.03. The maximum absolute atomic E-state index is 10.1. The summed E-state index contributed by atoms with van der Waals surface area (Å²) in [6.45, 7) is 4.25. The molecule has 0 saturated carbocycles. The molecule has 0 amide bonds. The molecule has 0 aromatic heterocycles. The van der Waals surface area contributed by atoms with Crippen molar-refractivity contribution in [2.75, 3.05) is 5.73 Å². The molecule has 0 radical (unpaired) electrons. The number of rotatable bonds is 5. The van der Waals surface area contributed by atoms with Crippen LogP contribution < -0.4 is 11.5 Å². The molecule has 0 unspecified atom stereocenters. The quantitative estimate of drug-likeness (QED) is 0.684. The predicted octanol–water partition coefficient (Wildman–Crippen LogP) is 3.59. The van der Waals surface area contributed by atoms with Crippen LogP contribution in [0.15, 0.2) is 21.1 Å². The molecule has 1 aromatic rings. The third kappa shape index (κ3) is 4.23. The summed E-state index contributed by atoms with van der Waals surface area (Å²) < 4.78 is 1.68. The molecule has 1 aromatic carbocycles. The van der Waals surface area contributed by atoms with Gasteiger partial charge in [-0.1, -0.05) is 29.8 Å². The van der Waals surface area contributed by atoms with E-state index in [1.165, 1.54) is 0 Å². The fourth-order valence-electron chi connectivity index (χ4n) is 1.77. The van der Waals surface area contributed by atoms with Gasteiger partial charge < -0.3 is 16.6 Å². The first-order valence-corrected chi connectivity index (χ1v) is 7.59. The molecule has 102 valence electrons. The Morgan fingerprint density at radius 2 is 1.83 bits per heavy atom. The third-order valence-electron chi connectivity index (χ3n) is 2.94. The summed E-state index contributed by atoms with van der Waals surface area (Å²) in [4.78, 5) is 0. The average Bonchev–Trinajstić information content (AvgIpc) is 2.29. The molecule has 0 aliphatic carbocycles. The van der Waals surface area contributed by atoms with Crippen molar-refractivity contribution in [3.63, 3.8) is 0 Å². The molecule has 5 N–H and O–H groups in total. The maximum atomic E-state index is 10.1. The second kappa shape index (κ2) is 6.89. The highest BCUT2D eigenvalue weighted by atomic mass is 79.9. The summed E-state index contributed by atoms with van der Waals surface area (Å²) in [5.74, 6) is 0.554. The highest BCUT2D eigenvalue weighted by molar-refractivity contribution is 9.11. The molecule has 0 fully saturated rings. The van der Waals surface area contributed by atoms with E-state index in [0.717, 1.165) is 20.9 Å². The van der Waals surface area contributed by atoms with Crippen molar-refractivity contribution in [3.05, 3.63) is 26.6 Å². The summed E-state index contributed by atoms with van der Waals surface area (Å²) in [7, 11) is 0. The lowest BCUT2D eigenvalue weighted by Crippen LogP contribution is -2.27. The molecule has 0 aliphatic heterocycles. The van der Waals surface area contributed by atoms with Gasteiger partial charge in [0.1, 0.15) is 0 Å². The number of halogens is 2. The third-order valence-corrected chi connectivity index (χ3v) is 4.05. The zero-order valence-electron chi connectivity index (χ0n) is 10.7. The number of anilines is 1. The first-order valence-electron chi connectivity index (χ1n) is 6.01. The summed E-state index contributed by atoms with van der Waals surface area (Å²) in [6, 6.07) is 3.27. The summed E-state index contributed by atoms with van der Waals surface area (Å²) in [5.41, 5.74) is 13.4. The van der Waals surface area contributed by atoms with Gasteiger partial charge in [-0.15, -0.1) is 0 Å². The van der Waals surface area contributed by atoms with Gasteiger partial charge in [0.15, 0.2) is 0 Å². The van der Waals surface area contributed by atoms with Crippen LogP contribution in [0.1, 0.15) is 38.3 Å². The van der Waals surface area contributed by atoms with Gasteiger partial charge in [0.05, 0.1) is 17.8 Å². The number of nitrogen functional groups attached to an aromatic ring is 1. The minimum Gasteiger partial charge on any atom is -0.398 e. The van der Waals surface area contributed by atoms with Crippen molar-refractivity contribution >= 4 is 37.5 Å². The van der Waals surface area contributed by atoms with Gasteiger partial charge in [-0.25, -0.2) is 0 Å². The molecule has 5 heteroatoms. The lowest BCUT2D eigenvalue weighted by atomic mass is 9.95. The van der Waals surface area contributed by atoms with Gasteiger partial charge >= 0.3 is 0 Å². The molecular weight excluding hydrogens is 360 g/mol. The van der Waals surface area contributed by atoms with Gasteiger partial charge in [0.25, 0.3) is 0 Å². The van der Waals surface area contributed by atoms with E-state index in [1.54, 1.807) is 0 Å². The average molecular weight is 380 g/mol. The van der Waals surface area contributed by atoms with E-state index in [0.29, 0.717) is 18.0 Å². The Balaban J connectivity index is 2.86. The smallest absolute Gasteiger partial charge is 0.0733 e. The SMILES string of the molecule is CC(C)CC[C@@H](O)[C@@H](N)c1cc(Br)cc(Br)c1N. The van der Waals surface area contributed by atoms with Crippen LogP contribution in [0.5, 0.6) is 0 Å². The normalized spacial score (nSPS) is 14.8. The number of benzene rings is 1. The van der Waals surface area contributed by atoms with E-state index in [4.69, 9.17) is 11.5 Å². The zero-order chi connectivity index (χ0) is 13.9. The molecule has 0 aliphatic rings. The van der Waals surface area contributed by atoms with Crippen LogP contribution in [0.2, 0.25) is 0 Å². The van der Waals surface area contributed by atoms with Crippen molar-refractivity contribution < 1.29 is 5.11 Å². The van der Waals surface area contributed by atoms with Crippen LogP contribution in [0.3, 0.4) is 0 Å². The highest BCUT2D eigenvalue weighted by Gasteiger charge is 2.20. The van der Waals surface area contributed by atoms with Crippen LogP contribution in [-0.2, 0) is 0 Å². The second-order valence-corrected chi connectivity index (χ2v) is 6.72. The summed E-state index contributed by atoms with van der Waals surface area (Å²) in [6.07, 6.45) is 1.06. The van der Waals surface area contributed by atoms with Crippen LogP contribution in [0.4, 0.5) is 5.69 Å². The Hall–Kier alpha value is -0.100. The van der Waals surface area contributed by atoms with Crippen molar-refractivity contribution in [1.82, 2.24) is 0 Å². The minimum absolute atomic E-state index is 0.461. The molecule has 0 bridgehead atoms. The largest absolute Gasteiger partial charge is 0.398 e. The van der Waals surface area contributed by atoms with E-state index >= 15 is 0 Å². The van der Waals surface area contributed by atoms with Crippen LogP contribution >= 0.6 is 31.9 Å². The van der Waals surface area contributed by atoms with Gasteiger partial charge in [-0.3, -0.25) is 0 Å².